The average Bonchev–Trinajstić information content (AvgIpc) is 3.76. The Morgan fingerprint density at radius 1 is 0.644 bits per heavy atom. The van der Waals surface area contributed by atoms with Crippen molar-refractivity contribution in [3.63, 3.8) is 0 Å². The number of Topliss-reactive ketones (excluding diaryl/α,β-unsaturated/α-hetero) is 4. The summed E-state index contributed by atoms with van der Waals surface area (Å²) in [6.45, 7) is 9.90. The maximum Gasteiger partial charge on any atom is 0.234 e. The first-order valence-electron chi connectivity index (χ1n) is 14.8. The molecule has 0 radical (unpaired) electrons. The molecule has 222 valence electrons. The molecule has 0 unspecified atom stereocenters. The number of thiophene rings is 2. The molecule has 4 aromatic rings. The summed E-state index contributed by atoms with van der Waals surface area (Å²) in [4.78, 5) is 53.8. The van der Waals surface area contributed by atoms with Crippen LogP contribution in [-0.2, 0) is 27.1 Å². The Balaban J connectivity index is 1.20. The number of carbonyl (C=O) groups excluding carboxylic acids is 4. The van der Waals surface area contributed by atoms with Crippen molar-refractivity contribution in [2.24, 2.45) is 0 Å². The number of rotatable bonds is 3. The number of halogens is 1. The van der Waals surface area contributed by atoms with Gasteiger partial charge >= 0.3 is 0 Å². The van der Waals surface area contributed by atoms with E-state index in [1.165, 1.54) is 20.5 Å². The number of ketones is 4. The third kappa shape index (κ3) is 3.68. The smallest absolute Gasteiger partial charge is 0.234 e. The van der Waals surface area contributed by atoms with Crippen LogP contribution in [0.5, 0.6) is 0 Å². The van der Waals surface area contributed by atoms with E-state index in [1.54, 1.807) is 46.9 Å². The zero-order valence-corrected chi connectivity index (χ0v) is 26.9. The molecular formula is C38H27FO4S2. The van der Waals surface area contributed by atoms with Crippen molar-refractivity contribution in [1.82, 2.24) is 0 Å². The van der Waals surface area contributed by atoms with Crippen LogP contribution in [0, 0.1) is 6.92 Å². The molecule has 2 aromatic heterocycles. The van der Waals surface area contributed by atoms with Gasteiger partial charge in [0, 0.05) is 42.9 Å². The predicted molar refractivity (Wildman–Crippen MR) is 179 cm³/mol. The van der Waals surface area contributed by atoms with Gasteiger partial charge in [-0.05, 0) is 82.3 Å². The van der Waals surface area contributed by atoms with Crippen LogP contribution in [0.3, 0.4) is 0 Å². The summed E-state index contributed by atoms with van der Waals surface area (Å²) in [6, 6.07) is 10.2. The van der Waals surface area contributed by atoms with Crippen molar-refractivity contribution >= 4 is 78.5 Å². The van der Waals surface area contributed by atoms with Crippen molar-refractivity contribution in [1.29, 1.82) is 0 Å². The second-order valence-electron chi connectivity index (χ2n) is 13.3. The number of hydrogen-bond donors (Lipinski definition) is 0. The molecule has 0 aliphatic heterocycles. The lowest BCUT2D eigenvalue weighted by molar-refractivity contribution is -0.110. The molecule has 0 bridgehead atoms. The molecule has 8 rings (SSSR count). The molecule has 4 nitrogen and oxygen atoms in total. The fourth-order valence-electron chi connectivity index (χ4n) is 7.24. The van der Waals surface area contributed by atoms with Crippen molar-refractivity contribution in [2.45, 2.75) is 52.1 Å². The van der Waals surface area contributed by atoms with Gasteiger partial charge in [0.05, 0.1) is 9.40 Å². The molecule has 4 aliphatic carbocycles. The summed E-state index contributed by atoms with van der Waals surface area (Å²) < 4.78 is 15.9. The van der Waals surface area contributed by atoms with Gasteiger partial charge < -0.3 is 0 Å². The van der Waals surface area contributed by atoms with Gasteiger partial charge in [0.15, 0.2) is 0 Å². The molecule has 0 amide bonds. The van der Waals surface area contributed by atoms with Gasteiger partial charge in [0.25, 0.3) is 0 Å². The lowest BCUT2D eigenvalue weighted by atomic mass is 9.79. The fraction of sp³-hybridized carbons (Fsp3) is 0.211. The van der Waals surface area contributed by atoms with Crippen LogP contribution in [0.4, 0.5) is 4.39 Å². The minimum absolute atomic E-state index is 0.322. The van der Waals surface area contributed by atoms with Gasteiger partial charge in [-0.1, -0.05) is 57.5 Å². The summed E-state index contributed by atoms with van der Waals surface area (Å²) in [7, 11) is 0. The number of allylic oxidation sites excluding steroid dienone is 6. The first-order chi connectivity index (χ1) is 21.3. The van der Waals surface area contributed by atoms with Crippen LogP contribution >= 0.6 is 22.7 Å². The molecule has 0 atom stereocenters. The van der Waals surface area contributed by atoms with Crippen molar-refractivity contribution < 1.29 is 23.6 Å². The molecule has 4 aliphatic rings. The first-order valence-corrected chi connectivity index (χ1v) is 16.4. The van der Waals surface area contributed by atoms with Gasteiger partial charge in [-0.3, -0.25) is 19.2 Å². The summed E-state index contributed by atoms with van der Waals surface area (Å²) in [5.41, 5.74) is 7.76. The van der Waals surface area contributed by atoms with Crippen LogP contribution in [0.2, 0.25) is 0 Å². The molecule has 0 fully saturated rings. The molecular weight excluding hydrogens is 604 g/mol. The number of carbonyl (C=O) groups is 4. The highest BCUT2D eigenvalue weighted by Gasteiger charge is 2.43. The summed E-state index contributed by atoms with van der Waals surface area (Å²) >= 11 is 3.45. The molecule has 2 heterocycles. The standard InChI is InChI=1S/C38H27FO4S2/c1-17-6-8-21-23(10-17)25(33(42)31(21)40)12-19-14-27-29(37(19,2)3)35-36(44-27)30-28(45-35)15-20(38(30,4)5)13-26-24-11-18(16-39)7-9-22(24)32(41)34(26)43/h6-15H,16H2,1-5H3/b25-12-,26-13-. The Labute approximate surface area is 267 Å². The number of alkyl halides is 1. The van der Waals surface area contributed by atoms with Crippen LogP contribution in [0.25, 0.3) is 32.7 Å². The predicted octanol–water partition coefficient (Wildman–Crippen LogP) is 8.79. The highest BCUT2D eigenvalue weighted by Crippen LogP contribution is 2.58. The number of aryl methyl sites for hydroxylation is 1. The zero-order valence-electron chi connectivity index (χ0n) is 25.3. The molecule has 45 heavy (non-hydrogen) atoms. The number of hydrogen-bond acceptors (Lipinski definition) is 6. The van der Waals surface area contributed by atoms with E-state index in [2.05, 4.69) is 39.8 Å². The summed E-state index contributed by atoms with van der Waals surface area (Å²) in [5.74, 6) is -2.01. The third-order valence-electron chi connectivity index (χ3n) is 9.83. The molecule has 0 saturated carbocycles. The molecule has 0 N–H and O–H groups in total. The Kier molecular flexibility index (Phi) is 5.71. The summed E-state index contributed by atoms with van der Waals surface area (Å²) in [5, 5.41) is 0. The van der Waals surface area contributed by atoms with Gasteiger partial charge in [0.2, 0.25) is 23.1 Å². The van der Waals surface area contributed by atoms with E-state index in [-0.39, 0.29) is 5.41 Å². The topological polar surface area (TPSA) is 68.3 Å². The van der Waals surface area contributed by atoms with Crippen LogP contribution in [0.1, 0.15) is 91.5 Å². The second-order valence-corrected chi connectivity index (χ2v) is 15.4. The van der Waals surface area contributed by atoms with E-state index >= 15 is 0 Å². The van der Waals surface area contributed by atoms with Crippen LogP contribution in [-0.4, -0.2) is 23.1 Å². The number of fused-ring (bicyclic) bond motifs is 7. The van der Waals surface area contributed by atoms with Gasteiger partial charge in [0.1, 0.15) is 6.67 Å². The lowest BCUT2D eigenvalue weighted by Crippen LogP contribution is -2.17. The molecule has 0 spiro atoms. The van der Waals surface area contributed by atoms with E-state index in [4.69, 9.17) is 0 Å². The van der Waals surface area contributed by atoms with Gasteiger partial charge in [-0.2, -0.15) is 0 Å². The van der Waals surface area contributed by atoms with Crippen molar-refractivity contribution in [3.05, 3.63) is 114 Å². The summed E-state index contributed by atoms with van der Waals surface area (Å²) in [6.07, 6.45) is 7.99. The zero-order chi connectivity index (χ0) is 31.7. The SMILES string of the molecule is Cc1ccc2c(c1)/C(=C/C1=Cc3sc4c5c(sc4c3C1(C)C)C=C(/C=C1\C(=O)C(=O)c3ccc(CF)cc31)C5(C)C)C(=O)C2=O. The molecule has 2 aromatic carbocycles. The Bertz CT molecular complexity index is 2280. The highest BCUT2D eigenvalue weighted by molar-refractivity contribution is 7.29. The Hall–Kier alpha value is -4.33. The monoisotopic (exact) mass is 630 g/mol. The van der Waals surface area contributed by atoms with E-state index in [1.807, 2.05) is 31.2 Å². The third-order valence-corrected chi connectivity index (χ3v) is 12.3. The molecule has 7 heteroatoms. The van der Waals surface area contributed by atoms with E-state index in [0.29, 0.717) is 39.0 Å². The van der Waals surface area contributed by atoms with Gasteiger partial charge in [-0.15, -0.1) is 22.7 Å². The quantitative estimate of drug-likeness (QED) is 0.168. The average molecular weight is 631 g/mol. The largest absolute Gasteiger partial charge is 0.285 e. The normalized spacial score (nSPS) is 20.8. The Morgan fingerprint density at radius 3 is 1.60 bits per heavy atom. The second kappa shape index (κ2) is 9.12. The maximum absolute atomic E-state index is 13.5. The Morgan fingerprint density at radius 2 is 1.11 bits per heavy atom. The maximum atomic E-state index is 13.5. The van der Waals surface area contributed by atoms with E-state index < -0.39 is 35.2 Å². The highest BCUT2D eigenvalue weighted by atomic mass is 32.1. The lowest BCUT2D eigenvalue weighted by Gasteiger charge is -2.23. The van der Waals surface area contributed by atoms with Crippen LogP contribution < -0.4 is 0 Å². The van der Waals surface area contributed by atoms with E-state index in [0.717, 1.165) is 26.5 Å². The van der Waals surface area contributed by atoms with Gasteiger partial charge in [-0.25, -0.2) is 4.39 Å². The van der Waals surface area contributed by atoms with Crippen molar-refractivity contribution in [3.8, 4) is 0 Å². The molecule has 0 saturated heterocycles. The minimum atomic E-state index is -0.666. The fourth-order valence-corrected chi connectivity index (χ4v) is 10.7. The number of benzene rings is 2. The van der Waals surface area contributed by atoms with Crippen LogP contribution in [0.15, 0.2) is 59.7 Å². The minimum Gasteiger partial charge on any atom is -0.285 e. The first kappa shape index (κ1) is 28.2. The van der Waals surface area contributed by atoms with Crippen molar-refractivity contribution in [2.75, 3.05) is 0 Å². The van der Waals surface area contributed by atoms with E-state index in [9.17, 15) is 23.6 Å².